The number of sulfonamides is 1. The second-order valence-corrected chi connectivity index (χ2v) is 6.34. The molecule has 0 unspecified atom stereocenters. The molecule has 0 heterocycles. The molecule has 0 fully saturated rings. The van der Waals surface area contributed by atoms with E-state index < -0.39 is 15.3 Å². The minimum Gasteiger partial charge on any atom is -0.395 e. The van der Waals surface area contributed by atoms with Gasteiger partial charge in [0.15, 0.2) is 0 Å². The average Bonchev–Trinajstić information content (AvgIpc) is 2.18. The van der Waals surface area contributed by atoms with Crippen molar-refractivity contribution < 1.29 is 13.5 Å². The van der Waals surface area contributed by atoms with Gasteiger partial charge in [0, 0.05) is 12.6 Å². The molecule has 0 aromatic heterocycles. The predicted octanol–water partition coefficient (Wildman–Crippen LogP) is 1.21. The molecule has 0 aromatic rings. The zero-order valence-electron chi connectivity index (χ0n) is 10.1. The van der Waals surface area contributed by atoms with E-state index in [-0.39, 0.29) is 19.2 Å². The minimum atomic E-state index is -3.25. The number of nitrogens with zero attached hydrogens (tertiary/aromatic N) is 1. The fourth-order valence-corrected chi connectivity index (χ4v) is 3.17. The Hall–Kier alpha value is -0.130. The molecule has 0 aliphatic heterocycles. The lowest BCUT2D eigenvalue weighted by molar-refractivity contribution is 0.218. The number of rotatable bonds is 7. The predicted molar refractivity (Wildman–Crippen MR) is 62.2 cm³/mol. The Balaban J connectivity index is 4.95. The van der Waals surface area contributed by atoms with Gasteiger partial charge in [-0.05, 0) is 26.7 Å². The van der Waals surface area contributed by atoms with Gasteiger partial charge < -0.3 is 5.11 Å². The first kappa shape index (κ1) is 14.9. The minimum absolute atomic E-state index is 0.00421. The van der Waals surface area contributed by atoms with Crippen molar-refractivity contribution >= 4 is 10.0 Å². The van der Waals surface area contributed by atoms with Crippen molar-refractivity contribution in [3.8, 4) is 0 Å². The summed E-state index contributed by atoms with van der Waals surface area (Å²) < 4.78 is 25.4. The van der Waals surface area contributed by atoms with Gasteiger partial charge in [0.2, 0.25) is 10.0 Å². The van der Waals surface area contributed by atoms with E-state index in [2.05, 4.69) is 0 Å². The van der Waals surface area contributed by atoms with E-state index in [0.717, 1.165) is 12.8 Å². The van der Waals surface area contributed by atoms with Crippen LogP contribution in [0.1, 0.15) is 40.5 Å². The third-order valence-electron chi connectivity index (χ3n) is 2.59. The second-order valence-electron chi connectivity index (χ2n) is 3.90. The van der Waals surface area contributed by atoms with Crippen molar-refractivity contribution in [3.05, 3.63) is 0 Å². The lowest BCUT2D eigenvalue weighted by atomic mass is 10.2. The summed E-state index contributed by atoms with van der Waals surface area (Å²) in [6.07, 6.45) is 1.56. The highest BCUT2D eigenvalue weighted by Crippen LogP contribution is 2.16. The molecule has 0 rings (SSSR count). The summed E-state index contributed by atoms with van der Waals surface area (Å²) in [4.78, 5) is 0. The van der Waals surface area contributed by atoms with Gasteiger partial charge >= 0.3 is 0 Å². The smallest absolute Gasteiger partial charge is 0.216 e. The Morgan fingerprint density at radius 1 is 1.20 bits per heavy atom. The summed E-state index contributed by atoms with van der Waals surface area (Å²) in [6, 6.07) is 0.00421. The van der Waals surface area contributed by atoms with Crippen molar-refractivity contribution in [2.75, 3.05) is 13.2 Å². The number of hydrogen-bond donors (Lipinski definition) is 1. The fraction of sp³-hybridized carbons (Fsp3) is 1.00. The first-order chi connectivity index (χ1) is 6.91. The van der Waals surface area contributed by atoms with Crippen LogP contribution in [0, 0.1) is 0 Å². The Morgan fingerprint density at radius 2 is 1.67 bits per heavy atom. The highest BCUT2D eigenvalue weighted by atomic mass is 32.2. The monoisotopic (exact) mass is 237 g/mol. The summed E-state index contributed by atoms with van der Waals surface area (Å²) in [7, 11) is -3.25. The van der Waals surface area contributed by atoms with Gasteiger partial charge in [-0.25, -0.2) is 8.42 Å². The molecule has 92 valence electrons. The van der Waals surface area contributed by atoms with Crippen molar-refractivity contribution in [2.24, 2.45) is 0 Å². The Kier molecular flexibility index (Phi) is 6.40. The first-order valence-electron chi connectivity index (χ1n) is 5.53. The molecular formula is C10H23NO3S. The van der Waals surface area contributed by atoms with E-state index in [1.165, 1.54) is 4.31 Å². The molecular weight excluding hydrogens is 214 g/mol. The van der Waals surface area contributed by atoms with Crippen LogP contribution in [0.25, 0.3) is 0 Å². The van der Waals surface area contributed by atoms with Crippen LogP contribution < -0.4 is 0 Å². The van der Waals surface area contributed by atoms with Crippen LogP contribution >= 0.6 is 0 Å². The van der Waals surface area contributed by atoms with E-state index in [1.807, 2.05) is 13.8 Å². The molecule has 0 saturated carbocycles. The highest BCUT2D eigenvalue weighted by molar-refractivity contribution is 7.89. The Labute approximate surface area is 93.3 Å². The van der Waals surface area contributed by atoms with Gasteiger partial charge in [-0.15, -0.1) is 0 Å². The second kappa shape index (κ2) is 6.45. The molecule has 0 saturated heterocycles. The standard InChI is InChI=1S/C10H23NO3S/c1-5-10(6-2)11(7-8-12)15(13,14)9(3)4/h9-10,12H,5-8H2,1-4H3. The zero-order chi connectivity index (χ0) is 12.1. The zero-order valence-corrected chi connectivity index (χ0v) is 10.9. The Morgan fingerprint density at radius 3 is 1.93 bits per heavy atom. The van der Waals surface area contributed by atoms with Gasteiger partial charge in [-0.3, -0.25) is 0 Å². The van der Waals surface area contributed by atoms with E-state index in [1.54, 1.807) is 13.8 Å². The number of aliphatic hydroxyl groups is 1. The third kappa shape index (κ3) is 3.74. The molecule has 15 heavy (non-hydrogen) atoms. The molecule has 0 spiro atoms. The number of aliphatic hydroxyl groups excluding tert-OH is 1. The molecule has 0 amide bonds. The largest absolute Gasteiger partial charge is 0.395 e. The first-order valence-corrected chi connectivity index (χ1v) is 7.03. The van der Waals surface area contributed by atoms with Crippen LogP contribution in [-0.4, -0.2) is 42.3 Å². The maximum atomic E-state index is 12.0. The van der Waals surface area contributed by atoms with Crippen LogP contribution in [0.15, 0.2) is 0 Å². The summed E-state index contributed by atoms with van der Waals surface area (Å²) in [5.41, 5.74) is 0. The molecule has 0 aliphatic rings. The molecule has 0 bridgehead atoms. The quantitative estimate of drug-likeness (QED) is 0.724. The number of hydrogen-bond acceptors (Lipinski definition) is 3. The van der Waals surface area contributed by atoms with Gasteiger partial charge in [-0.2, -0.15) is 4.31 Å². The summed E-state index contributed by atoms with van der Waals surface area (Å²) in [6.45, 7) is 7.35. The molecule has 0 aromatic carbocycles. The fourth-order valence-electron chi connectivity index (χ4n) is 1.58. The molecule has 1 N–H and O–H groups in total. The lowest BCUT2D eigenvalue weighted by Gasteiger charge is -2.30. The van der Waals surface area contributed by atoms with Crippen LogP contribution in [0.5, 0.6) is 0 Å². The van der Waals surface area contributed by atoms with E-state index in [9.17, 15) is 8.42 Å². The highest BCUT2D eigenvalue weighted by Gasteiger charge is 2.29. The molecule has 0 atom stereocenters. The van der Waals surface area contributed by atoms with Crippen molar-refractivity contribution in [1.82, 2.24) is 4.31 Å². The summed E-state index contributed by atoms with van der Waals surface area (Å²) in [5.74, 6) is 0. The summed E-state index contributed by atoms with van der Waals surface area (Å²) >= 11 is 0. The molecule has 0 aliphatic carbocycles. The maximum absolute atomic E-state index is 12.0. The van der Waals surface area contributed by atoms with E-state index in [0.29, 0.717) is 0 Å². The van der Waals surface area contributed by atoms with Crippen LogP contribution in [0.4, 0.5) is 0 Å². The van der Waals surface area contributed by atoms with E-state index in [4.69, 9.17) is 5.11 Å². The van der Waals surface area contributed by atoms with Gasteiger partial charge in [0.25, 0.3) is 0 Å². The lowest BCUT2D eigenvalue weighted by Crippen LogP contribution is -2.44. The topological polar surface area (TPSA) is 57.6 Å². The van der Waals surface area contributed by atoms with Crippen LogP contribution in [0.2, 0.25) is 0 Å². The maximum Gasteiger partial charge on any atom is 0.216 e. The van der Waals surface area contributed by atoms with Crippen LogP contribution in [-0.2, 0) is 10.0 Å². The van der Waals surface area contributed by atoms with Crippen molar-refractivity contribution in [2.45, 2.75) is 51.8 Å². The third-order valence-corrected chi connectivity index (χ3v) is 4.92. The Bertz CT molecular complexity index is 258. The molecule has 5 heteroatoms. The van der Waals surface area contributed by atoms with Crippen LogP contribution in [0.3, 0.4) is 0 Å². The SMILES string of the molecule is CCC(CC)N(CCO)S(=O)(=O)C(C)C. The van der Waals surface area contributed by atoms with Gasteiger partial charge in [0.1, 0.15) is 0 Å². The normalized spacial score (nSPS) is 13.1. The molecule has 4 nitrogen and oxygen atoms in total. The summed E-state index contributed by atoms with van der Waals surface area (Å²) in [5, 5.41) is 8.49. The average molecular weight is 237 g/mol. The van der Waals surface area contributed by atoms with Crippen molar-refractivity contribution in [3.63, 3.8) is 0 Å². The van der Waals surface area contributed by atoms with Crippen molar-refractivity contribution in [1.29, 1.82) is 0 Å². The molecule has 0 radical (unpaired) electrons. The van der Waals surface area contributed by atoms with E-state index >= 15 is 0 Å². The van der Waals surface area contributed by atoms with Gasteiger partial charge in [-0.1, -0.05) is 13.8 Å². The van der Waals surface area contributed by atoms with Gasteiger partial charge in [0.05, 0.1) is 11.9 Å².